The smallest absolute Gasteiger partial charge is 0.309 e. The minimum atomic E-state index is -0.0397. The minimum absolute atomic E-state index is 0. The largest absolute Gasteiger partial charge is 0.466 e. The molecule has 0 aliphatic carbocycles. The van der Waals surface area contributed by atoms with Crippen LogP contribution in [0.2, 0.25) is 0 Å². The maximum Gasteiger partial charge on any atom is 0.309 e. The van der Waals surface area contributed by atoms with E-state index in [9.17, 15) is 4.79 Å². The molecule has 6 nitrogen and oxygen atoms in total. The van der Waals surface area contributed by atoms with Crippen LogP contribution in [0.15, 0.2) is 4.99 Å². The summed E-state index contributed by atoms with van der Waals surface area (Å²) in [6.07, 6.45) is 6.86. The van der Waals surface area contributed by atoms with Crippen molar-refractivity contribution < 1.29 is 9.53 Å². The standard InChI is InChI=1S/C20H38N4O2.HI/c1-4-26-19(25)18-9-14-24(15-10-18)20(21-3)22-11-5-6-12-23-13-7-8-17(2)16-23;/h17-18H,4-16H2,1-3H3,(H,21,22);1H. The number of nitrogens with one attached hydrogen (secondary N) is 1. The fourth-order valence-corrected chi connectivity index (χ4v) is 4.07. The van der Waals surface area contributed by atoms with E-state index in [4.69, 9.17) is 4.74 Å². The summed E-state index contributed by atoms with van der Waals surface area (Å²) >= 11 is 0. The lowest BCUT2D eigenvalue weighted by Gasteiger charge is -2.33. The number of piperidine rings is 2. The van der Waals surface area contributed by atoms with Gasteiger partial charge in [0.05, 0.1) is 12.5 Å². The van der Waals surface area contributed by atoms with Gasteiger partial charge >= 0.3 is 5.97 Å². The monoisotopic (exact) mass is 494 g/mol. The number of carbonyl (C=O) groups is 1. The number of hydrogen-bond acceptors (Lipinski definition) is 4. The van der Waals surface area contributed by atoms with Gasteiger partial charge in [0.1, 0.15) is 0 Å². The van der Waals surface area contributed by atoms with Crippen molar-refractivity contribution in [3.63, 3.8) is 0 Å². The summed E-state index contributed by atoms with van der Waals surface area (Å²) < 4.78 is 5.14. The van der Waals surface area contributed by atoms with Gasteiger partial charge in [0.25, 0.3) is 0 Å². The van der Waals surface area contributed by atoms with Gasteiger partial charge < -0.3 is 19.9 Å². The van der Waals surface area contributed by atoms with E-state index in [-0.39, 0.29) is 35.9 Å². The van der Waals surface area contributed by atoms with Gasteiger partial charge in [0.2, 0.25) is 0 Å². The molecular weight excluding hydrogens is 455 g/mol. The lowest BCUT2D eigenvalue weighted by atomic mass is 9.97. The molecule has 1 unspecified atom stereocenters. The molecule has 2 saturated heterocycles. The number of guanidine groups is 1. The predicted molar refractivity (Wildman–Crippen MR) is 122 cm³/mol. The molecule has 0 amide bonds. The number of carbonyl (C=O) groups excluding carboxylic acids is 1. The molecule has 0 spiro atoms. The average Bonchev–Trinajstić information content (AvgIpc) is 2.65. The van der Waals surface area contributed by atoms with Crippen LogP contribution in [-0.4, -0.2) is 74.7 Å². The molecule has 0 radical (unpaired) electrons. The zero-order chi connectivity index (χ0) is 18.8. The number of unbranched alkanes of at least 4 members (excludes halogenated alkanes) is 1. The Hall–Kier alpha value is -0.570. The highest BCUT2D eigenvalue weighted by Crippen LogP contribution is 2.19. The summed E-state index contributed by atoms with van der Waals surface area (Å²) in [6, 6.07) is 0. The average molecular weight is 494 g/mol. The Labute approximate surface area is 182 Å². The number of nitrogens with zero attached hydrogens (tertiary/aromatic N) is 3. The molecule has 0 aromatic rings. The molecule has 158 valence electrons. The van der Waals surface area contributed by atoms with Crippen molar-refractivity contribution in [3.05, 3.63) is 0 Å². The first-order chi connectivity index (χ1) is 12.6. The molecule has 2 rings (SSSR count). The topological polar surface area (TPSA) is 57.2 Å². The van der Waals surface area contributed by atoms with Crippen LogP contribution in [0.25, 0.3) is 0 Å². The highest BCUT2D eigenvalue weighted by molar-refractivity contribution is 14.0. The van der Waals surface area contributed by atoms with Crippen molar-refractivity contribution in [3.8, 4) is 0 Å². The van der Waals surface area contributed by atoms with Crippen molar-refractivity contribution in [2.75, 3.05) is 52.9 Å². The van der Waals surface area contributed by atoms with Gasteiger partial charge in [-0.3, -0.25) is 9.79 Å². The Morgan fingerprint density at radius 3 is 2.56 bits per heavy atom. The van der Waals surface area contributed by atoms with Crippen LogP contribution in [0, 0.1) is 11.8 Å². The quantitative estimate of drug-likeness (QED) is 0.194. The Morgan fingerprint density at radius 2 is 1.93 bits per heavy atom. The zero-order valence-electron chi connectivity index (χ0n) is 17.4. The summed E-state index contributed by atoms with van der Waals surface area (Å²) in [5.41, 5.74) is 0. The first-order valence-corrected chi connectivity index (χ1v) is 10.5. The highest BCUT2D eigenvalue weighted by Gasteiger charge is 2.27. The molecule has 2 heterocycles. The lowest BCUT2D eigenvalue weighted by molar-refractivity contribution is -0.149. The van der Waals surface area contributed by atoms with E-state index in [2.05, 4.69) is 27.0 Å². The van der Waals surface area contributed by atoms with Gasteiger partial charge in [0.15, 0.2) is 5.96 Å². The number of likely N-dealkylation sites (tertiary alicyclic amines) is 2. The normalized spacial score (nSPS) is 22.3. The van der Waals surface area contributed by atoms with Gasteiger partial charge in [-0.25, -0.2) is 0 Å². The number of hydrogen-bond donors (Lipinski definition) is 1. The second kappa shape index (κ2) is 13.6. The molecule has 0 saturated carbocycles. The molecule has 0 aromatic carbocycles. The summed E-state index contributed by atoms with van der Waals surface area (Å²) in [5, 5.41) is 3.50. The first-order valence-electron chi connectivity index (χ1n) is 10.5. The van der Waals surface area contributed by atoms with Gasteiger partial charge in [-0.15, -0.1) is 24.0 Å². The maximum atomic E-state index is 11.8. The third kappa shape index (κ3) is 8.54. The Bertz CT molecular complexity index is 453. The van der Waals surface area contributed by atoms with E-state index in [1.165, 1.54) is 45.3 Å². The van der Waals surface area contributed by atoms with Crippen LogP contribution in [-0.2, 0) is 9.53 Å². The van der Waals surface area contributed by atoms with E-state index in [0.29, 0.717) is 6.61 Å². The number of esters is 1. The fraction of sp³-hybridized carbons (Fsp3) is 0.900. The summed E-state index contributed by atoms with van der Waals surface area (Å²) in [4.78, 5) is 21.1. The van der Waals surface area contributed by atoms with Crippen molar-refractivity contribution in [2.45, 2.75) is 52.4 Å². The van der Waals surface area contributed by atoms with Gasteiger partial charge in [0, 0.05) is 33.2 Å². The number of halogens is 1. The van der Waals surface area contributed by atoms with Crippen molar-refractivity contribution in [2.24, 2.45) is 16.8 Å². The third-order valence-corrected chi connectivity index (χ3v) is 5.55. The maximum absolute atomic E-state index is 11.8. The molecule has 1 atom stereocenters. The van der Waals surface area contributed by atoms with E-state index in [0.717, 1.165) is 44.4 Å². The minimum Gasteiger partial charge on any atom is -0.466 e. The van der Waals surface area contributed by atoms with Crippen LogP contribution in [0.5, 0.6) is 0 Å². The van der Waals surface area contributed by atoms with E-state index < -0.39 is 0 Å². The lowest BCUT2D eigenvalue weighted by Crippen LogP contribution is -2.47. The molecule has 7 heteroatoms. The first kappa shape index (κ1) is 24.5. The summed E-state index contributed by atoms with van der Waals surface area (Å²) in [7, 11) is 1.84. The summed E-state index contributed by atoms with van der Waals surface area (Å²) in [6.45, 7) is 11.2. The van der Waals surface area contributed by atoms with Gasteiger partial charge in [-0.1, -0.05) is 6.92 Å². The molecule has 0 bridgehead atoms. The zero-order valence-corrected chi connectivity index (χ0v) is 19.7. The third-order valence-electron chi connectivity index (χ3n) is 5.55. The fourth-order valence-electron chi connectivity index (χ4n) is 4.07. The SMILES string of the molecule is CCOC(=O)C1CCN(C(=NC)NCCCCN2CCCC(C)C2)CC1.I. The van der Waals surface area contributed by atoms with Crippen molar-refractivity contribution in [1.29, 1.82) is 0 Å². The molecule has 2 aliphatic rings. The van der Waals surface area contributed by atoms with E-state index in [1.54, 1.807) is 0 Å². The summed E-state index contributed by atoms with van der Waals surface area (Å²) in [5.74, 6) is 1.84. The number of ether oxygens (including phenoxy) is 1. The Kier molecular flexibility index (Phi) is 12.3. The van der Waals surface area contributed by atoms with E-state index >= 15 is 0 Å². The van der Waals surface area contributed by atoms with Gasteiger partial charge in [-0.2, -0.15) is 0 Å². The molecular formula is C20H39IN4O2. The van der Waals surface area contributed by atoms with Crippen LogP contribution in [0.1, 0.15) is 52.4 Å². The molecule has 1 N–H and O–H groups in total. The Balaban J connectivity index is 0.00000364. The van der Waals surface area contributed by atoms with Crippen LogP contribution >= 0.6 is 24.0 Å². The van der Waals surface area contributed by atoms with Gasteiger partial charge in [-0.05, 0) is 64.5 Å². The molecule has 0 aromatic heterocycles. The van der Waals surface area contributed by atoms with Crippen molar-refractivity contribution >= 4 is 35.9 Å². The second-order valence-electron chi connectivity index (χ2n) is 7.74. The van der Waals surface area contributed by atoms with Crippen LogP contribution in [0.3, 0.4) is 0 Å². The Morgan fingerprint density at radius 1 is 1.19 bits per heavy atom. The van der Waals surface area contributed by atoms with E-state index in [1.807, 2.05) is 14.0 Å². The molecule has 27 heavy (non-hydrogen) atoms. The van der Waals surface area contributed by atoms with Crippen LogP contribution in [0.4, 0.5) is 0 Å². The number of rotatable bonds is 7. The highest BCUT2D eigenvalue weighted by atomic mass is 127. The second-order valence-corrected chi connectivity index (χ2v) is 7.74. The predicted octanol–water partition coefficient (Wildman–Crippen LogP) is 2.97. The number of aliphatic imine (C=N–C) groups is 1. The molecule has 2 aliphatic heterocycles. The molecule has 2 fully saturated rings. The van der Waals surface area contributed by atoms with Crippen molar-refractivity contribution in [1.82, 2.24) is 15.1 Å². The van der Waals surface area contributed by atoms with Crippen LogP contribution < -0.4 is 5.32 Å².